The van der Waals surface area contributed by atoms with E-state index in [2.05, 4.69) is 0 Å². The predicted molar refractivity (Wildman–Crippen MR) is 106 cm³/mol. The van der Waals surface area contributed by atoms with Crippen LogP contribution in [0.4, 0.5) is 0 Å². The molecule has 3 aromatic rings. The molecular weight excluding hydrogens is 358 g/mol. The summed E-state index contributed by atoms with van der Waals surface area (Å²) in [6, 6.07) is 25.3. The number of halogens is 1. The molecule has 27 heavy (non-hydrogen) atoms. The average Bonchev–Trinajstić information content (AvgIpc) is 3.07. The molecule has 0 spiro atoms. The van der Waals surface area contributed by atoms with E-state index in [1.165, 1.54) is 0 Å². The molecule has 4 nitrogen and oxygen atoms in total. The van der Waals surface area contributed by atoms with Crippen molar-refractivity contribution < 1.29 is 9.67 Å². The molecule has 132 valence electrons. The van der Waals surface area contributed by atoms with Crippen LogP contribution in [0, 0.1) is 0 Å². The van der Waals surface area contributed by atoms with Crippen molar-refractivity contribution in [3.63, 3.8) is 0 Å². The number of pyridine rings is 2. The quantitative estimate of drug-likeness (QED) is 0.440. The van der Waals surface area contributed by atoms with Crippen LogP contribution in [0.25, 0.3) is 33.7 Å². The fourth-order valence-corrected chi connectivity index (χ4v) is 3.40. The first-order valence-electron chi connectivity index (χ1n) is 8.46. The minimum absolute atomic E-state index is 0. The third kappa shape index (κ3) is 2.71. The summed E-state index contributed by atoms with van der Waals surface area (Å²) in [4.78, 5) is 4.76. The molecule has 0 saturated carbocycles. The molecule has 2 aliphatic heterocycles. The molecule has 0 radical (unpaired) electrons. The predicted octanol–water partition coefficient (Wildman–Crippen LogP) is 3.90. The van der Waals surface area contributed by atoms with Crippen LogP contribution in [-0.2, 0) is 0 Å². The van der Waals surface area contributed by atoms with Gasteiger partial charge in [-0.1, -0.05) is 42.5 Å². The number of aromatic nitrogens is 3. The fraction of sp³-hybridized carbons (Fsp3) is 0. The second-order valence-electron chi connectivity index (χ2n) is 6.15. The zero-order valence-corrected chi connectivity index (χ0v) is 15.1. The molecule has 0 atom stereocenters. The van der Waals surface area contributed by atoms with Crippen LogP contribution in [0.3, 0.4) is 0 Å². The minimum Gasteiger partial charge on any atom is -0.855 e. The number of hydrogen-bond donors (Lipinski definition) is 0. The summed E-state index contributed by atoms with van der Waals surface area (Å²) < 4.78 is 3.60. The normalized spacial score (nSPS) is 10.8. The minimum atomic E-state index is -0.0712. The molecule has 3 heterocycles. The largest absolute Gasteiger partial charge is 0.855 e. The van der Waals surface area contributed by atoms with Crippen molar-refractivity contribution in [2.24, 2.45) is 0 Å². The Kier molecular flexibility index (Phi) is 4.26. The van der Waals surface area contributed by atoms with Gasteiger partial charge in [0.1, 0.15) is 0 Å². The van der Waals surface area contributed by atoms with Gasteiger partial charge in [-0.3, -0.25) is 0 Å². The van der Waals surface area contributed by atoms with Crippen LogP contribution >= 0.6 is 12.4 Å². The van der Waals surface area contributed by atoms with Gasteiger partial charge in [0.25, 0.3) is 0 Å². The van der Waals surface area contributed by atoms with Crippen molar-refractivity contribution in [1.29, 1.82) is 0 Å². The number of para-hydroxylation sites is 2. The second-order valence-corrected chi connectivity index (χ2v) is 6.15. The molecule has 5 rings (SSSR count). The van der Waals surface area contributed by atoms with Gasteiger partial charge in [-0.25, -0.2) is 4.98 Å². The van der Waals surface area contributed by atoms with Gasteiger partial charge >= 0.3 is 0 Å². The summed E-state index contributed by atoms with van der Waals surface area (Å²) in [5.74, 6) is -0.0712. The Morgan fingerprint density at radius 1 is 0.815 bits per heavy atom. The Labute approximate surface area is 162 Å². The highest BCUT2D eigenvalue weighted by Crippen LogP contribution is 2.37. The third-order valence-corrected chi connectivity index (χ3v) is 4.57. The van der Waals surface area contributed by atoms with E-state index < -0.39 is 0 Å². The molecule has 1 aromatic heterocycles. The lowest BCUT2D eigenvalue weighted by atomic mass is 10.1. The Morgan fingerprint density at radius 2 is 1.48 bits per heavy atom. The summed E-state index contributed by atoms with van der Waals surface area (Å²) in [7, 11) is 0. The molecule has 0 aliphatic carbocycles. The van der Waals surface area contributed by atoms with Gasteiger partial charge in [0.2, 0.25) is 5.69 Å². The SMILES string of the molecule is Cl.[O-]c1c(-[n+]2ccccc2)cc2nc3ccccc3c-2n1-c1ccccc1. The zero-order valence-electron chi connectivity index (χ0n) is 14.3. The summed E-state index contributed by atoms with van der Waals surface area (Å²) in [5.41, 5.74) is 3.95. The summed E-state index contributed by atoms with van der Waals surface area (Å²) >= 11 is 0. The van der Waals surface area contributed by atoms with Crippen molar-refractivity contribution in [2.75, 3.05) is 0 Å². The first-order chi connectivity index (χ1) is 12.8. The highest BCUT2D eigenvalue weighted by molar-refractivity contribution is 5.97. The van der Waals surface area contributed by atoms with E-state index in [1.54, 1.807) is 4.57 Å². The number of benzene rings is 2. The lowest BCUT2D eigenvalue weighted by Gasteiger charge is -2.22. The van der Waals surface area contributed by atoms with Crippen LogP contribution in [0.1, 0.15) is 0 Å². The molecule has 5 heteroatoms. The highest BCUT2D eigenvalue weighted by atomic mass is 35.5. The summed E-state index contributed by atoms with van der Waals surface area (Å²) in [6.07, 6.45) is 3.75. The molecule has 0 unspecified atom stereocenters. The van der Waals surface area contributed by atoms with Crippen LogP contribution in [0.15, 0.2) is 91.3 Å². The van der Waals surface area contributed by atoms with Gasteiger partial charge in [-0.05, 0) is 18.2 Å². The second kappa shape index (κ2) is 6.74. The first-order valence-corrected chi connectivity index (χ1v) is 8.46. The summed E-state index contributed by atoms with van der Waals surface area (Å²) in [6.45, 7) is 0. The van der Waals surface area contributed by atoms with Crippen LogP contribution in [0.5, 0.6) is 5.88 Å². The van der Waals surface area contributed by atoms with Crippen molar-refractivity contribution in [1.82, 2.24) is 9.55 Å². The number of rotatable bonds is 2. The van der Waals surface area contributed by atoms with Crippen molar-refractivity contribution in [2.45, 2.75) is 0 Å². The molecular formula is C22H16ClN3O. The zero-order chi connectivity index (χ0) is 17.5. The fourth-order valence-electron chi connectivity index (χ4n) is 3.40. The van der Waals surface area contributed by atoms with Crippen molar-refractivity contribution >= 4 is 23.3 Å². The Bertz CT molecular complexity index is 1190. The van der Waals surface area contributed by atoms with Crippen LogP contribution < -0.4 is 9.67 Å². The van der Waals surface area contributed by atoms with Gasteiger partial charge in [-0.2, -0.15) is 4.57 Å². The Hall–Kier alpha value is -3.37. The number of hydrogen-bond acceptors (Lipinski definition) is 2. The highest BCUT2D eigenvalue weighted by Gasteiger charge is 2.22. The number of nitrogens with zero attached hydrogens (tertiary/aromatic N) is 3. The molecule has 0 amide bonds. The van der Waals surface area contributed by atoms with Gasteiger partial charge in [0, 0.05) is 35.2 Å². The van der Waals surface area contributed by atoms with E-state index in [0.717, 1.165) is 28.0 Å². The summed E-state index contributed by atoms with van der Waals surface area (Å²) in [5, 5.41) is 14.4. The van der Waals surface area contributed by atoms with Gasteiger partial charge < -0.3 is 9.67 Å². The Morgan fingerprint density at radius 3 is 2.26 bits per heavy atom. The van der Waals surface area contributed by atoms with E-state index in [4.69, 9.17) is 4.98 Å². The van der Waals surface area contributed by atoms with Crippen LogP contribution in [0.2, 0.25) is 0 Å². The van der Waals surface area contributed by atoms with Gasteiger partial charge in [0.05, 0.1) is 16.9 Å². The molecule has 0 saturated heterocycles. The first kappa shape index (κ1) is 17.1. The molecule has 0 fully saturated rings. The molecule has 0 N–H and O–H groups in total. The molecule has 2 aromatic carbocycles. The monoisotopic (exact) mass is 373 g/mol. The van der Waals surface area contributed by atoms with Gasteiger partial charge in [-0.15, -0.1) is 12.4 Å². The Balaban J connectivity index is 0.00000180. The van der Waals surface area contributed by atoms with Crippen molar-refractivity contribution in [3.8, 4) is 28.6 Å². The maximum absolute atomic E-state index is 13.4. The maximum Gasteiger partial charge on any atom is 0.222 e. The molecule has 0 bridgehead atoms. The van der Waals surface area contributed by atoms with Crippen LogP contribution in [-0.4, -0.2) is 9.55 Å². The maximum atomic E-state index is 13.4. The van der Waals surface area contributed by atoms with Gasteiger partial charge in [0.15, 0.2) is 12.4 Å². The average molecular weight is 374 g/mol. The van der Waals surface area contributed by atoms with E-state index in [1.807, 2.05) is 95.8 Å². The molecule has 2 aliphatic rings. The standard InChI is InChI=1S/C22H15N3O.ClH/c26-22-20(24-13-7-2-8-14-24)15-19-21(17-11-5-6-12-18(17)23-19)25(22)16-9-3-1-4-10-16;/h1-15H;1H. The topological polar surface area (TPSA) is 44.8 Å². The van der Waals surface area contributed by atoms with Crippen molar-refractivity contribution in [3.05, 3.63) is 91.3 Å². The lowest BCUT2D eigenvalue weighted by molar-refractivity contribution is -0.600. The lowest BCUT2D eigenvalue weighted by Crippen LogP contribution is -2.32. The smallest absolute Gasteiger partial charge is 0.222 e. The van der Waals surface area contributed by atoms with E-state index in [9.17, 15) is 5.11 Å². The van der Waals surface area contributed by atoms with E-state index in [0.29, 0.717) is 5.69 Å². The third-order valence-electron chi connectivity index (χ3n) is 4.57. The number of fused-ring (bicyclic) bond motifs is 3. The van der Waals surface area contributed by atoms with E-state index in [-0.39, 0.29) is 18.3 Å². The van der Waals surface area contributed by atoms with E-state index >= 15 is 0 Å².